The third-order valence-electron chi connectivity index (χ3n) is 3.53. The lowest BCUT2D eigenvalue weighted by Gasteiger charge is -2.07. The highest BCUT2D eigenvalue weighted by Gasteiger charge is 2.00. The first-order valence-electron chi connectivity index (χ1n) is 9.38. The zero-order chi connectivity index (χ0) is 18.4. The van der Waals surface area contributed by atoms with Crippen LogP contribution in [0.4, 0.5) is 0 Å². The molecule has 1 atom stereocenters. The van der Waals surface area contributed by atoms with Crippen LogP contribution in [0.2, 0.25) is 0 Å². The monoisotopic (exact) mass is 344 g/mol. The number of aliphatic hydroxyl groups excluding tert-OH is 1. The summed E-state index contributed by atoms with van der Waals surface area (Å²) in [7, 11) is 1.62. The average Bonchev–Trinajstić information content (AvgIpc) is 2.64. The molecule has 0 saturated heterocycles. The molecule has 0 aromatic rings. The molecule has 0 radical (unpaired) electrons. The maximum atomic E-state index is 8.98. The Balaban J connectivity index is 3.57. The first-order valence-corrected chi connectivity index (χ1v) is 9.38. The van der Waals surface area contributed by atoms with E-state index in [-0.39, 0.29) is 12.7 Å². The van der Waals surface area contributed by atoms with Crippen molar-refractivity contribution in [2.45, 2.75) is 58.0 Å². The van der Waals surface area contributed by atoms with Crippen LogP contribution >= 0.6 is 0 Å². The number of ether oxygens (including phenoxy) is 1. The Labute approximate surface area is 155 Å². The van der Waals surface area contributed by atoms with Crippen LogP contribution < -0.4 is 0 Å². The highest BCUT2D eigenvalue weighted by Crippen LogP contribution is 1.99. The van der Waals surface area contributed by atoms with Crippen molar-refractivity contribution in [1.82, 2.24) is 0 Å². The summed E-state index contributed by atoms with van der Waals surface area (Å²) in [5, 5.41) is 8.98. The second-order valence-corrected chi connectivity index (χ2v) is 5.69. The first kappa shape index (κ1) is 23.4. The zero-order valence-corrected chi connectivity index (χ0v) is 16.0. The van der Waals surface area contributed by atoms with Crippen molar-refractivity contribution in [3.8, 4) is 0 Å². The Morgan fingerprint density at radius 2 is 1.00 bits per heavy atom. The lowest BCUT2D eigenvalue weighted by Crippen LogP contribution is -2.13. The van der Waals surface area contributed by atoms with Gasteiger partial charge in [-0.2, -0.15) is 0 Å². The molecule has 1 unspecified atom stereocenters. The van der Waals surface area contributed by atoms with Crippen LogP contribution in [0, 0.1) is 0 Å². The molecule has 140 valence electrons. The molecule has 0 aliphatic rings. The molecule has 0 amide bonds. The summed E-state index contributed by atoms with van der Waals surface area (Å²) in [6, 6.07) is 0. The van der Waals surface area contributed by atoms with Crippen molar-refractivity contribution in [1.29, 1.82) is 0 Å². The third kappa shape index (κ3) is 18.5. The molecule has 0 spiro atoms. The summed E-state index contributed by atoms with van der Waals surface area (Å²) in [6.45, 7) is 2.23. The second kappa shape index (κ2) is 20.4. The molecule has 2 nitrogen and oxygen atoms in total. The molecular weight excluding hydrogens is 308 g/mol. The van der Waals surface area contributed by atoms with Gasteiger partial charge in [-0.1, -0.05) is 79.8 Å². The fraction of sp³-hybridized carbons (Fsp3) is 0.478. The van der Waals surface area contributed by atoms with Gasteiger partial charge in [-0.3, -0.25) is 0 Å². The molecule has 0 aliphatic heterocycles. The molecular formula is C23H36O2. The van der Waals surface area contributed by atoms with Gasteiger partial charge in [-0.05, 0) is 44.9 Å². The highest BCUT2D eigenvalue weighted by atomic mass is 16.5. The van der Waals surface area contributed by atoms with Gasteiger partial charge in [0.05, 0.1) is 12.7 Å². The molecule has 0 bridgehead atoms. The van der Waals surface area contributed by atoms with Gasteiger partial charge < -0.3 is 9.84 Å². The molecule has 0 aliphatic carbocycles. The van der Waals surface area contributed by atoms with Crippen LogP contribution in [0.25, 0.3) is 0 Å². The van der Waals surface area contributed by atoms with E-state index in [0.29, 0.717) is 0 Å². The maximum absolute atomic E-state index is 8.98. The predicted molar refractivity (Wildman–Crippen MR) is 111 cm³/mol. The molecule has 1 N–H and O–H groups in total. The van der Waals surface area contributed by atoms with Gasteiger partial charge in [0.15, 0.2) is 0 Å². The molecule has 2 heteroatoms. The van der Waals surface area contributed by atoms with Crippen LogP contribution in [0.1, 0.15) is 51.9 Å². The molecule has 0 fully saturated rings. The van der Waals surface area contributed by atoms with Crippen molar-refractivity contribution in [2.24, 2.45) is 0 Å². The van der Waals surface area contributed by atoms with Gasteiger partial charge in [0, 0.05) is 7.11 Å². The molecule has 0 heterocycles. The number of methoxy groups -OCH3 is 1. The Bertz CT molecular complexity index is 435. The fourth-order valence-electron chi connectivity index (χ4n) is 2.02. The third-order valence-corrected chi connectivity index (χ3v) is 3.53. The number of aliphatic hydroxyl groups is 1. The molecule has 0 saturated carbocycles. The number of hydrogen-bond acceptors (Lipinski definition) is 2. The van der Waals surface area contributed by atoms with E-state index in [4.69, 9.17) is 9.84 Å². The van der Waals surface area contributed by atoms with Crippen molar-refractivity contribution < 1.29 is 9.84 Å². The Kier molecular flexibility index (Phi) is 19.1. The SMILES string of the molecule is CCC=CCC=CCC=CCC=CCC=CCC=CCC(CO)OC. The summed E-state index contributed by atoms with van der Waals surface area (Å²) in [4.78, 5) is 0. The van der Waals surface area contributed by atoms with E-state index in [1.54, 1.807) is 7.11 Å². The smallest absolute Gasteiger partial charge is 0.0836 e. The largest absolute Gasteiger partial charge is 0.394 e. The highest BCUT2D eigenvalue weighted by molar-refractivity contribution is 5.01. The van der Waals surface area contributed by atoms with Gasteiger partial charge in [0.1, 0.15) is 0 Å². The van der Waals surface area contributed by atoms with Crippen molar-refractivity contribution in [3.05, 3.63) is 72.9 Å². The van der Waals surface area contributed by atoms with Gasteiger partial charge in [0.25, 0.3) is 0 Å². The summed E-state index contributed by atoms with van der Waals surface area (Å²) >= 11 is 0. The van der Waals surface area contributed by atoms with Crippen LogP contribution in [0.5, 0.6) is 0 Å². The quantitative estimate of drug-likeness (QED) is 0.365. The van der Waals surface area contributed by atoms with E-state index in [1.807, 2.05) is 0 Å². The summed E-state index contributed by atoms with van der Waals surface area (Å²) in [5.74, 6) is 0. The summed E-state index contributed by atoms with van der Waals surface area (Å²) < 4.78 is 5.09. The van der Waals surface area contributed by atoms with Crippen LogP contribution in [-0.2, 0) is 4.74 Å². The number of rotatable bonds is 15. The van der Waals surface area contributed by atoms with E-state index in [2.05, 4.69) is 79.8 Å². The van der Waals surface area contributed by atoms with Gasteiger partial charge in [-0.15, -0.1) is 0 Å². The minimum Gasteiger partial charge on any atom is -0.394 e. The average molecular weight is 345 g/mol. The summed E-state index contributed by atoms with van der Waals surface area (Å²) in [5.41, 5.74) is 0. The normalized spacial score (nSPS) is 14.5. The predicted octanol–water partition coefficient (Wildman–Crippen LogP) is 6.08. The molecule has 0 aromatic carbocycles. The molecule has 0 rings (SSSR count). The van der Waals surface area contributed by atoms with Crippen molar-refractivity contribution in [2.75, 3.05) is 13.7 Å². The Morgan fingerprint density at radius 3 is 1.32 bits per heavy atom. The number of hydrogen-bond donors (Lipinski definition) is 1. The summed E-state index contributed by atoms with van der Waals surface area (Å²) in [6.07, 6.45) is 32.9. The Hall–Kier alpha value is -1.64. The minimum absolute atomic E-state index is 0.0719. The fourth-order valence-corrected chi connectivity index (χ4v) is 2.02. The lowest BCUT2D eigenvalue weighted by atomic mass is 10.2. The lowest BCUT2D eigenvalue weighted by molar-refractivity contribution is 0.0513. The van der Waals surface area contributed by atoms with Crippen molar-refractivity contribution in [3.63, 3.8) is 0 Å². The zero-order valence-electron chi connectivity index (χ0n) is 16.0. The number of allylic oxidation sites excluding steroid dienone is 11. The second-order valence-electron chi connectivity index (χ2n) is 5.69. The molecule has 25 heavy (non-hydrogen) atoms. The van der Waals surface area contributed by atoms with Gasteiger partial charge in [-0.25, -0.2) is 0 Å². The van der Waals surface area contributed by atoms with Crippen molar-refractivity contribution >= 4 is 0 Å². The van der Waals surface area contributed by atoms with E-state index in [9.17, 15) is 0 Å². The van der Waals surface area contributed by atoms with Crippen LogP contribution in [0.15, 0.2) is 72.9 Å². The minimum atomic E-state index is -0.0791. The van der Waals surface area contributed by atoms with Gasteiger partial charge >= 0.3 is 0 Å². The van der Waals surface area contributed by atoms with Crippen LogP contribution in [0.3, 0.4) is 0 Å². The van der Waals surface area contributed by atoms with E-state index < -0.39 is 0 Å². The maximum Gasteiger partial charge on any atom is 0.0836 e. The van der Waals surface area contributed by atoms with Gasteiger partial charge in [0.2, 0.25) is 0 Å². The van der Waals surface area contributed by atoms with E-state index in [0.717, 1.165) is 44.9 Å². The Morgan fingerprint density at radius 1 is 0.640 bits per heavy atom. The standard InChI is InChI=1S/C23H36O2/c1-3-4-5-6-7-8-9-10-11-12-13-14-15-16-17-18-19-20-21-23(22-24)25-2/h4-5,7-8,10-11,13-14,16-17,19-20,23-24H,3,6,9,12,15,18,21-22H2,1-2H3. The van der Waals surface area contributed by atoms with E-state index in [1.165, 1.54) is 0 Å². The first-order chi connectivity index (χ1) is 12.3. The topological polar surface area (TPSA) is 29.5 Å². The van der Waals surface area contributed by atoms with E-state index >= 15 is 0 Å². The van der Waals surface area contributed by atoms with Crippen LogP contribution in [-0.4, -0.2) is 24.9 Å². The molecule has 0 aromatic heterocycles.